The van der Waals surface area contributed by atoms with E-state index in [9.17, 15) is 0 Å². The van der Waals surface area contributed by atoms with Crippen molar-refractivity contribution in [2.75, 3.05) is 6.54 Å². The molecule has 2 N–H and O–H groups in total. The molecule has 0 radical (unpaired) electrons. The SMILES string of the molecule is Cc1nccn2c1c(Br)nc2[C@H]1CC[C@H](CN)CC1. The van der Waals surface area contributed by atoms with Crippen LogP contribution in [0, 0.1) is 12.8 Å². The van der Waals surface area contributed by atoms with Crippen molar-refractivity contribution in [3.63, 3.8) is 0 Å². The van der Waals surface area contributed by atoms with Gasteiger partial charge in [-0.2, -0.15) is 0 Å². The molecule has 2 aromatic rings. The molecule has 3 rings (SSSR count). The van der Waals surface area contributed by atoms with E-state index in [1.807, 2.05) is 19.3 Å². The number of imidazole rings is 1. The summed E-state index contributed by atoms with van der Waals surface area (Å²) >= 11 is 3.57. The summed E-state index contributed by atoms with van der Waals surface area (Å²) in [6, 6.07) is 0. The Balaban J connectivity index is 1.96. The molecule has 2 aromatic heterocycles. The van der Waals surface area contributed by atoms with Crippen LogP contribution in [0.2, 0.25) is 0 Å². The molecule has 1 aliphatic rings. The van der Waals surface area contributed by atoms with Gasteiger partial charge in [0.15, 0.2) is 0 Å². The summed E-state index contributed by atoms with van der Waals surface area (Å²) in [5.74, 6) is 2.42. The van der Waals surface area contributed by atoms with Crippen molar-refractivity contribution in [3.8, 4) is 0 Å². The van der Waals surface area contributed by atoms with E-state index >= 15 is 0 Å². The van der Waals surface area contributed by atoms with Crippen molar-refractivity contribution in [1.29, 1.82) is 0 Å². The summed E-state index contributed by atoms with van der Waals surface area (Å²) in [6.45, 7) is 2.85. The van der Waals surface area contributed by atoms with Gasteiger partial charge < -0.3 is 5.73 Å². The molecule has 0 unspecified atom stereocenters. The molecular weight excluding hydrogens is 304 g/mol. The van der Waals surface area contributed by atoms with Crippen LogP contribution >= 0.6 is 15.9 Å². The van der Waals surface area contributed by atoms with Gasteiger partial charge >= 0.3 is 0 Å². The summed E-state index contributed by atoms with van der Waals surface area (Å²) in [7, 11) is 0. The molecule has 0 bridgehead atoms. The number of hydrogen-bond acceptors (Lipinski definition) is 3. The molecule has 4 nitrogen and oxygen atoms in total. The minimum absolute atomic E-state index is 0.545. The quantitative estimate of drug-likeness (QED) is 0.924. The van der Waals surface area contributed by atoms with Crippen molar-refractivity contribution in [3.05, 3.63) is 28.5 Å². The van der Waals surface area contributed by atoms with E-state index in [1.54, 1.807) is 0 Å². The van der Waals surface area contributed by atoms with Crippen molar-refractivity contribution in [2.45, 2.75) is 38.5 Å². The maximum Gasteiger partial charge on any atom is 0.134 e. The number of fused-ring (bicyclic) bond motifs is 1. The third-order valence-electron chi connectivity index (χ3n) is 4.27. The van der Waals surface area contributed by atoms with E-state index in [1.165, 1.54) is 31.5 Å². The van der Waals surface area contributed by atoms with Gasteiger partial charge in [-0.25, -0.2) is 4.98 Å². The summed E-state index contributed by atoms with van der Waals surface area (Å²) in [5.41, 5.74) is 7.88. The zero-order valence-corrected chi connectivity index (χ0v) is 12.7. The highest BCUT2D eigenvalue weighted by molar-refractivity contribution is 9.10. The molecule has 1 aliphatic carbocycles. The van der Waals surface area contributed by atoms with Crippen LogP contribution in [-0.4, -0.2) is 20.9 Å². The number of hydrogen-bond donors (Lipinski definition) is 1. The van der Waals surface area contributed by atoms with Crippen molar-refractivity contribution in [2.24, 2.45) is 11.7 Å². The first-order chi connectivity index (χ1) is 9.20. The number of halogens is 1. The Morgan fingerprint density at radius 3 is 2.79 bits per heavy atom. The summed E-state index contributed by atoms with van der Waals surface area (Å²) in [5, 5.41) is 0. The molecule has 1 saturated carbocycles. The lowest BCUT2D eigenvalue weighted by atomic mass is 9.81. The zero-order valence-electron chi connectivity index (χ0n) is 11.1. The normalized spacial score (nSPS) is 23.9. The van der Waals surface area contributed by atoms with Gasteiger partial charge in [-0.3, -0.25) is 9.38 Å². The number of rotatable bonds is 2. The molecular formula is C14H19BrN4. The van der Waals surface area contributed by atoms with Gasteiger partial charge in [0.2, 0.25) is 0 Å². The van der Waals surface area contributed by atoms with Gasteiger partial charge in [0, 0.05) is 18.3 Å². The van der Waals surface area contributed by atoms with Crippen molar-refractivity contribution < 1.29 is 0 Å². The highest BCUT2D eigenvalue weighted by atomic mass is 79.9. The minimum Gasteiger partial charge on any atom is -0.330 e. The maximum atomic E-state index is 5.77. The second-order valence-corrected chi connectivity index (χ2v) is 6.20. The van der Waals surface area contributed by atoms with Crippen molar-refractivity contribution in [1.82, 2.24) is 14.4 Å². The Morgan fingerprint density at radius 2 is 2.11 bits per heavy atom. The molecule has 5 heteroatoms. The molecule has 102 valence electrons. The van der Waals surface area contributed by atoms with Crippen LogP contribution in [0.3, 0.4) is 0 Å². The molecule has 2 heterocycles. The second kappa shape index (κ2) is 5.21. The first-order valence-electron chi connectivity index (χ1n) is 6.89. The number of nitrogens with zero attached hydrogens (tertiary/aromatic N) is 3. The van der Waals surface area contributed by atoms with Gasteiger partial charge in [0.25, 0.3) is 0 Å². The standard InChI is InChI=1S/C14H19BrN4/c1-9-12-13(15)18-14(19(12)7-6-17-9)11-4-2-10(8-16)3-5-11/h6-7,10-11H,2-5,8,16H2,1H3/t10-,11-. The molecule has 0 spiro atoms. The van der Waals surface area contributed by atoms with Crippen LogP contribution < -0.4 is 5.73 Å². The predicted octanol–water partition coefficient (Wildman–Crippen LogP) is 3.03. The second-order valence-electron chi connectivity index (χ2n) is 5.45. The van der Waals surface area contributed by atoms with E-state index < -0.39 is 0 Å². The van der Waals surface area contributed by atoms with E-state index in [0.29, 0.717) is 11.8 Å². The van der Waals surface area contributed by atoms with E-state index in [0.717, 1.165) is 22.4 Å². The maximum absolute atomic E-state index is 5.77. The molecule has 0 amide bonds. The topological polar surface area (TPSA) is 56.2 Å². The van der Waals surface area contributed by atoms with Gasteiger partial charge in [0.1, 0.15) is 15.9 Å². The van der Waals surface area contributed by atoms with Gasteiger partial charge in [0.05, 0.1) is 5.69 Å². The lowest BCUT2D eigenvalue weighted by Crippen LogP contribution is -2.21. The Morgan fingerprint density at radius 1 is 1.37 bits per heavy atom. The Hall–Kier alpha value is -0.940. The first kappa shape index (κ1) is 13.1. The summed E-state index contributed by atoms with van der Waals surface area (Å²) < 4.78 is 3.11. The average Bonchev–Trinajstić information content (AvgIpc) is 2.78. The highest BCUT2D eigenvalue weighted by Gasteiger charge is 2.25. The fourth-order valence-corrected chi connectivity index (χ4v) is 3.77. The Labute approximate surface area is 121 Å². The zero-order chi connectivity index (χ0) is 13.4. The lowest BCUT2D eigenvalue weighted by Gasteiger charge is -2.26. The molecule has 0 saturated heterocycles. The van der Waals surface area contributed by atoms with Crippen LogP contribution in [0.1, 0.15) is 43.1 Å². The lowest BCUT2D eigenvalue weighted by molar-refractivity contribution is 0.325. The van der Waals surface area contributed by atoms with E-state index in [-0.39, 0.29) is 0 Å². The van der Waals surface area contributed by atoms with E-state index in [4.69, 9.17) is 10.7 Å². The van der Waals surface area contributed by atoms with Crippen LogP contribution in [0.5, 0.6) is 0 Å². The van der Waals surface area contributed by atoms with Crippen molar-refractivity contribution >= 4 is 21.4 Å². The van der Waals surface area contributed by atoms with Gasteiger partial charge in [-0.1, -0.05) is 0 Å². The molecule has 19 heavy (non-hydrogen) atoms. The van der Waals surface area contributed by atoms with Gasteiger partial charge in [-0.15, -0.1) is 0 Å². The van der Waals surface area contributed by atoms with E-state index in [2.05, 4.69) is 25.3 Å². The van der Waals surface area contributed by atoms with Crippen LogP contribution in [0.25, 0.3) is 5.52 Å². The fraction of sp³-hybridized carbons (Fsp3) is 0.571. The first-order valence-corrected chi connectivity index (χ1v) is 7.69. The van der Waals surface area contributed by atoms with Crippen LogP contribution in [0.15, 0.2) is 17.0 Å². The van der Waals surface area contributed by atoms with Gasteiger partial charge in [-0.05, 0) is 61.0 Å². The van der Waals surface area contributed by atoms with Crippen LogP contribution in [-0.2, 0) is 0 Å². The monoisotopic (exact) mass is 322 g/mol. The summed E-state index contributed by atoms with van der Waals surface area (Å²) in [6.07, 6.45) is 8.69. The molecule has 0 aromatic carbocycles. The average molecular weight is 323 g/mol. The molecule has 0 atom stereocenters. The molecule has 0 aliphatic heterocycles. The number of nitrogens with two attached hydrogens (primary N) is 1. The fourth-order valence-electron chi connectivity index (χ4n) is 3.11. The summed E-state index contributed by atoms with van der Waals surface area (Å²) in [4.78, 5) is 9.08. The minimum atomic E-state index is 0.545. The van der Waals surface area contributed by atoms with Crippen LogP contribution in [0.4, 0.5) is 0 Å². The third kappa shape index (κ3) is 2.30. The smallest absolute Gasteiger partial charge is 0.134 e. The predicted molar refractivity (Wildman–Crippen MR) is 79.2 cm³/mol. The number of aromatic nitrogens is 3. The number of aryl methyl sites for hydroxylation is 1. The Bertz CT molecular complexity index is 584. The molecule has 1 fully saturated rings. The highest BCUT2D eigenvalue weighted by Crippen LogP contribution is 2.36. The largest absolute Gasteiger partial charge is 0.330 e. The Kier molecular flexibility index (Phi) is 3.58. The third-order valence-corrected chi connectivity index (χ3v) is 4.82.